The van der Waals surface area contributed by atoms with Crippen LogP contribution in [-0.2, 0) is 23.7 Å². The summed E-state index contributed by atoms with van der Waals surface area (Å²) < 4.78 is 22.5. The average Bonchev–Trinajstić information content (AvgIpc) is 2.92. The molecule has 2 aliphatic heterocycles. The van der Waals surface area contributed by atoms with Crippen molar-refractivity contribution in [3.8, 4) is 0 Å². The van der Waals surface area contributed by atoms with E-state index in [1.807, 2.05) is 0 Å². The van der Waals surface area contributed by atoms with Crippen molar-refractivity contribution in [3.63, 3.8) is 0 Å². The van der Waals surface area contributed by atoms with Gasteiger partial charge in [-0.2, -0.15) is 0 Å². The minimum Gasteiger partial charge on any atom is -0.412 e. The van der Waals surface area contributed by atoms with Crippen LogP contribution < -0.4 is 28.3 Å². The van der Waals surface area contributed by atoms with E-state index in [9.17, 15) is 45.6 Å². The van der Waals surface area contributed by atoms with E-state index in [0.29, 0.717) is 0 Å². The topological polar surface area (TPSA) is 363 Å². The standard InChI is InChI=1S/C22H43N5O13.H2O/c23-2-1-8(29)20(36)27-7-3-6(25)18(39-22-16(34)15(33)13(31)9(4-24)37-22)17(35)19(7)40-21-14(32)11(26)12(30)10(5-28)38-21;/h6-19,21-22,28-35H,1-5,23-26H2,(H,27,36);1H2/t6-,7+,8+,9+,10+,11-,12+,13+,14?,15-,16+,17-,18+,19-,21+,22+;/m0./s1. The van der Waals surface area contributed by atoms with E-state index >= 15 is 0 Å². The molecule has 3 fully saturated rings. The zero-order chi connectivity index (χ0) is 29.9. The Bertz CT molecular complexity index is 817. The number of rotatable bonds is 10. The predicted molar refractivity (Wildman–Crippen MR) is 135 cm³/mol. The first-order valence-electron chi connectivity index (χ1n) is 13.1. The quantitative estimate of drug-likeness (QED) is 0.110. The molecule has 3 aliphatic rings. The van der Waals surface area contributed by atoms with Crippen LogP contribution in [-0.4, -0.2) is 170 Å². The lowest BCUT2D eigenvalue weighted by molar-refractivity contribution is -0.332. The lowest BCUT2D eigenvalue weighted by Crippen LogP contribution is -2.69. The van der Waals surface area contributed by atoms with E-state index in [4.69, 9.17) is 41.9 Å². The second-order valence-electron chi connectivity index (χ2n) is 10.3. The van der Waals surface area contributed by atoms with Gasteiger partial charge in [0.1, 0.15) is 67.1 Å². The van der Waals surface area contributed by atoms with Crippen molar-refractivity contribution in [1.82, 2.24) is 5.32 Å². The first-order chi connectivity index (χ1) is 18.9. The van der Waals surface area contributed by atoms with Gasteiger partial charge in [-0.1, -0.05) is 0 Å². The summed E-state index contributed by atoms with van der Waals surface area (Å²) in [6.07, 6.45) is -19.8. The number of nitrogens with one attached hydrogen (secondary N) is 1. The first-order valence-corrected chi connectivity index (χ1v) is 13.1. The van der Waals surface area contributed by atoms with Gasteiger partial charge < -0.3 is 93.5 Å². The highest BCUT2D eigenvalue weighted by atomic mass is 16.7. The maximum Gasteiger partial charge on any atom is 0.249 e. The monoisotopic (exact) mass is 603 g/mol. The van der Waals surface area contributed by atoms with Gasteiger partial charge in [-0.3, -0.25) is 4.79 Å². The molecule has 1 amide bonds. The molecule has 1 saturated carbocycles. The minimum atomic E-state index is -1.76. The van der Waals surface area contributed by atoms with Crippen molar-refractivity contribution in [1.29, 1.82) is 0 Å². The Morgan fingerprint density at radius 1 is 0.854 bits per heavy atom. The summed E-state index contributed by atoms with van der Waals surface area (Å²) in [5, 5.41) is 84.9. The molecule has 2 saturated heterocycles. The highest BCUT2D eigenvalue weighted by molar-refractivity contribution is 5.80. The van der Waals surface area contributed by atoms with E-state index in [2.05, 4.69) is 5.32 Å². The van der Waals surface area contributed by atoms with Gasteiger partial charge in [0.2, 0.25) is 5.91 Å². The summed E-state index contributed by atoms with van der Waals surface area (Å²) in [7, 11) is 0. The zero-order valence-corrected chi connectivity index (χ0v) is 22.2. The number of ether oxygens (including phenoxy) is 4. The molecular formula is C22H45N5O14. The van der Waals surface area contributed by atoms with Crippen LogP contribution >= 0.6 is 0 Å². The summed E-state index contributed by atoms with van der Waals surface area (Å²) >= 11 is 0. The van der Waals surface area contributed by atoms with E-state index in [-0.39, 0.29) is 31.4 Å². The van der Waals surface area contributed by atoms with Crippen molar-refractivity contribution >= 4 is 5.91 Å². The van der Waals surface area contributed by atoms with Crippen LogP contribution in [0.1, 0.15) is 12.8 Å². The van der Waals surface area contributed by atoms with Gasteiger partial charge in [-0.15, -0.1) is 0 Å². The van der Waals surface area contributed by atoms with Gasteiger partial charge in [0.15, 0.2) is 12.6 Å². The summed E-state index contributed by atoms with van der Waals surface area (Å²) in [6.45, 7) is -0.898. The first kappa shape index (κ1) is 36.0. The van der Waals surface area contributed by atoms with Gasteiger partial charge >= 0.3 is 0 Å². The fourth-order valence-corrected chi connectivity index (χ4v) is 5.07. The largest absolute Gasteiger partial charge is 0.412 e. The lowest BCUT2D eigenvalue weighted by atomic mass is 9.83. The highest BCUT2D eigenvalue weighted by Gasteiger charge is 2.52. The van der Waals surface area contributed by atoms with Crippen LogP contribution in [0, 0.1) is 0 Å². The number of hydrogen-bond donors (Lipinski definition) is 13. The molecule has 0 aromatic carbocycles. The van der Waals surface area contributed by atoms with Gasteiger partial charge in [0.25, 0.3) is 0 Å². The van der Waals surface area contributed by atoms with Crippen LogP contribution in [0.25, 0.3) is 0 Å². The minimum absolute atomic E-state index is 0. The maximum atomic E-state index is 12.6. The highest BCUT2D eigenvalue weighted by Crippen LogP contribution is 2.32. The third kappa shape index (κ3) is 7.85. The molecule has 0 aromatic heterocycles. The number of hydrogen-bond acceptors (Lipinski definition) is 17. The molecule has 2 heterocycles. The Kier molecular flexibility index (Phi) is 13.6. The maximum absolute atomic E-state index is 12.6. The molecule has 1 aliphatic carbocycles. The number of carbonyl (C=O) groups is 1. The fourth-order valence-electron chi connectivity index (χ4n) is 5.07. The Morgan fingerprint density at radius 2 is 1.44 bits per heavy atom. The van der Waals surface area contributed by atoms with E-state index in [1.54, 1.807) is 0 Å². The van der Waals surface area contributed by atoms with Crippen molar-refractivity contribution < 1.29 is 70.1 Å². The molecular weight excluding hydrogens is 558 g/mol. The molecule has 0 bridgehead atoms. The third-order valence-electron chi connectivity index (χ3n) is 7.51. The summed E-state index contributed by atoms with van der Waals surface area (Å²) in [5.74, 6) is -0.845. The lowest BCUT2D eigenvalue weighted by Gasteiger charge is -2.49. The molecule has 3 rings (SSSR count). The molecule has 0 radical (unpaired) electrons. The molecule has 19 N–H and O–H groups in total. The average molecular weight is 604 g/mol. The number of aliphatic hydroxyl groups is 8. The molecule has 242 valence electrons. The Balaban J connectivity index is 0.00000588. The second-order valence-corrected chi connectivity index (χ2v) is 10.3. The van der Waals surface area contributed by atoms with Crippen LogP contribution in [0.2, 0.25) is 0 Å². The van der Waals surface area contributed by atoms with Crippen molar-refractivity contribution in [3.05, 3.63) is 0 Å². The number of nitrogens with two attached hydrogens (primary N) is 4. The van der Waals surface area contributed by atoms with Crippen molar-refractivity contribution in [2.75, 3.05) is 19.7 Å². The second kappa shape index (κ2) is 15.5. The van der Waals surface area contributed by atoms with Gasteiger partial charge in [0.05, 0.1) is 18.7 Å². The van der Waals surface area contributed by atoms with Gasteiger partial charge in [-0.25, -0.2) is 0 Å². The van der Waals surface area contributed by atoms with E-state index in [0.717, 1.165) is 0 Å². The van der Waals surface area contributed by atoms with E-state index < -0.39 is 110 Å². The Morgan fingerprint density at radius 3 is 2.02 bits per heavy atom. The third-order valence-corrected chi connectivity index (χ3v) is 7.51. The molecule has 19 heteroatoms. The van der Waals surface area contributed by atoms with Gasteiger partial charge in [0, 0.05) is 12.6 Å². The molecule has 1 unspecified atom stereocenters. The van der Waals surface area contributed by atoms with Crippen LogP contribution in [0.15, 0.2) is 0 Å². The van der Waals surface area contributed by atoms with Crippen molar-refractivity contribution in [2.45, 2.75) is 111 Å². The normalized spacial score (nSPS) is 45.9. The molecule has 0 spiro atoms. The smallest absolute Gasteiger partial charge is 0.249 e. The molecule has 16 atom stereocenters. The zero-order valence-electron chi connectivity index (χ0n) is 22.2. The van der Waals surface area contributed by atoms with Gasteiger partial charge in [-0.05, 0) is 19.4 Å². The number of amides is 1. The van der Waals surface area contributed by atoms with Crippen LogP contribution in [0.3, 0.4) is 0 Å². The molecule has 41 heavy (non-hydrogen) atoms. The number of carbonyl (C=O) groups excluding carboxylic acids is 1. The van der Waals surface area contributed by atoms with Crippen LogP contribution in [0.5, 0.6) is 0 Å². The summed E-state index contributed by atoms with van der Waals surface area (Å²) in [4.78, 5) is 12.6. The Labute approximate surface area is 235 Å². The summed E-state index contributed by atoms with van der Waals surface area (Å²) in [6, 6.07) is -3.45. The SMILES string of the molecule is NCC[C@@H](O)C(=O)N[C@@H]1C[C@H](N)[C@@H](O[C@H]2O[C@H](CN)[C@@H](O)[C@H](O)[C@H]2O)[C@H](O)[C@H]1O[C@H]1O[C@H](CO)[C@@H](O)[C@H](N)C1O.O. The molecule has 19 nitrogen and oxygen atoms in total. The molecule has 0 aromatic rings. The van der Waals surface area contributed by atoms with E-state index in [1.165, 1.54) is 0 Å². The predicted octanol–water partition coefficient (Wildman–Crippen LogP) is -9.25. The number of aliphatic hydroxyl groups excluding tert-OH is 8. The Hall–Kier alpha value is -1.21. The fraction of sp³-hybridized carbons (Fsp3) is 0.955. The van der Waals surface area contributed by atoms with Crippen LogP contribution in [0.4, 0.5) is 0 Å². The van der Waals surface area contributed by atoms with Crippen molar-refractivity contribution in [2.24, 2.45) is 22.9 Å². The summed E-state index contributed by atoms with van der Waals surface area (Å²) in [5.41, 5.74) is 23.1.